The van der Waals surface area contributed by atoms with Crippen LogP contribution in [0.2, 0.25) is 0 Å². The minimum absolute atomic E-state index is 0.00650. The normalized spacial score (nSPS) is 21.2. The second-order valence-electron chi connectivity index (χ2n) is 12.3. The van der Waals surface area contributed by atoms with E-state index in [1.807, 2.05) is 4.90 Å². The number of ether oxygens (including phenoxy) is 3. The SMILES string of the molecule is CCCC(CCC)N(C(=O)CN1C[C@H](c2cc(OC)c3c(c2)OCO3)C(C(=O)O)[C@@H]1CN1CCCC1=O)c1ccc(F)c(C)c1. The number of hydrogen-bond donors (Lipinski definition) is 1. The van der Waals surface area contributed by atoms with Crippen LogP contribution in [0.4, 0.5) is 10.1 Å². The van der Waals surface area contributed by atoms with Crippen LogP contribution in [0.15, 0.2) is 30.3 Å². The lowest BCUT2D eigenvalue weighted by atomic mass is 9.84. The molecule has 2 amide bonds. The highest BCUT2D eigenvalue weighted by molar-refractivity contribution is 5.95. The molecule has 0 aromatic heterocycles. The van der Waals surface area contributed by atoms with Crippen molar-refractivity contribution >= 4 is 23.5 Å². The van der Waals surface area contributed by atoms with Crippen LogP contribution in [0, 0.1) is 18.7 Å². The molecule has 3 aliphatic rings. The summed E-state index contributed by atoms with van der Waals surface area (Å²) in [4.78, 5) is 45.6. The second kappa shape index (κ2) is 14.1. The van der Waals surface area contributed by atoms with Crippen LogP contribution in [-0.2, 0) is 14.4 Å². The highest BCUT2D eigenvalue weighted by atomic mass is 19.1. The fourth-order valence-corrected chi connectivity index (χ4v) is 7.20. The van der Waals surface area contributed by atoms with Gasteiger partial charge in [0.25, 0.3) is 0 Å². The van der Waals surface area contributed by atoms with Gasteiger partial charge in [0.15, 0.2) is 11.5 Å². The monoisotopic (exact) mass is 625 g/mol. The molecule has 0 spiro atoms. The third kappa shape index (κ3) is 6.73. The summed E-state index contributed by atoms with van der Waals surface area (Å²) in [6.07, 6.45) is 4.44. The Hall–Kier alpha value is -3.86. The zero-order valence-electron chi connectivity index (χ0n) is 26.6. The Morgan fingerprint density at radius 1 is 1.16 bits per heavy atom. The molecule has 5 rings (SSSR count). The molecule has 10 nitrogen and oxygen atoms in total. The van der Waals surface area contributed by atoms with Crippen molar-refractivity contribution in [3.05, 3.63) is 47.3 Å². The molecule has 3 aliphatic heterocycles. The van der Waals surface area contributed by atoms with E-state index in [1.54, 1.807) is 41.0 Å². The zero-order valence-corrected chi connectivity index (χ0v) is 26.6. The van der Waals surface area contributed by atoms with Gasteiger partial charge in [-0.3, -0.25) is 19.3 Å². The number of hydrogen-bond acceptors (Lipinski definition) is 7. The first kappa shape index (κ1) is 32.5. The van der Waals surface area contributed by atoms with Gasteiger partial charge in [-0.1, -0.05) is 26.7 Å². The number of amides is 2. The number of carboxylic acid groups (broad SMARTS) is 1. The average molecular weight is 626 g/mol. The average Bonchev–Trinajstić information content (AvgIpc) is 3.74. The summed E-state index contributed by atoms with van der Waals surface area (Å²) < 4.78 is 31.1. The van der Waals surface area contributed by atoms with E-state index in [0.29, 0.717) is 47.0 Å². The highest BCUT2D eigenvalue weighted by Gasteiger charge is 2.49. The van der Waals surface area contributed by atoms with E-state index >= 15 is 0 Å². The summed E-state index contributed by atoms with van der Waals surface area (Å²) in [5, 5.41) is 10.7. The van der Waals surface area contributed by atoms with Crippen molar-refractivity contribution < 1.29 is 38.1 Å². The van der Waals surface area contributed by atoms with E-state index in [-0.39, 0.29) is 50.1 Å². The Morgan fingerprint density at radius 2 is 1.91 bits per heavy atom. The van der Waals surface area contributed by atoms with Crippen LogP contribution in [0.5, 0.6) is 17.2 Å². The maximum atomic E-state index is 14.4. The summed E-state index contributed by atoms with van der Waals surface area (Å²) in [5.74, 6) is -1.53. The fraction of sp³-hybridized carbons (Fsp3) is 0.559. The van der Waals surface area contributed by atoms with Crippen molar-refractivity contribution in [2.24, 2.45) is 5.92 Å². The Labute approximate surface area is 264 Å². The predicted octanol–water partition coefficient (Wildman–Crippen LogP) is 4.96. The standard InChI is InChI=1S/C34H44FN3O7/c1-5-8-23(9-6-2)38(24-11-12-26(35)21(3)14-24)31(40)19-37-17-25(22-15-28(43-4)33-29(16-22)44-20-45-33)32(34(41)42)27(37)18-36-13-7-10-30(36)39/h11-12,14-16,23,25,27,32H,5-10,13,17-20H2,1-4H3,(H,41,42)/t25-,27+,32?/m1/s1. The number of carbonyl (C=O) groups is 3. The van der Waals surface area contributed by atoms with Gasteiger partial charge in [-0.05, 0) is 67.6 Å². The van der Waals surface area contributed by atoms with Gasteiger partial charge >= 0.3 is 5.97 Å². The van der Waals surface area contributed by atoms with Crippen molar-refractivity contribution in [1.82, 2.24) is 9.80 Å². The summed E-state index contributed by atoms with van der Waals surface area (Å²) >= 11 is 0. The molecule has 244 valence electrons. The molecule has 3 heterocycles. The minimum Gasteiger partial charge on any atom is -0.493 e. The molecule has 3 atom stereocenters. The first-order chi connectivity index (χ1) is 21.7. The van der Waals surface area contributed by atoms with Gasteiger partial charge in [-0.25, -0.2) is 4.39 Å². The predicted molar refractivity (Wildman–Crippen MR) is 166 cm³/mol. The number of carbonyl (C=O) groups excluding carboxylic acids is 2. The van der Waals surface area contributed by atoms with Crippen LogP contribution in [-0.4, -0.2) is 84.9 Å². The summed E-state index contributed by atoms with van der Waals surface area (Å²) in [5.41, 5.74) is 1.78. The molecule has 2 aromatic rings. The molecule has 2 saturated heterocycles. The molecule has 11 heteroatoms. The number of nitrogens with zero attached hydrogens (tertiary/aromatic N) is 3. The Balaban J connectivity index is 1.52. The van der Waals surface area contributed by atoms with Gasteiger partial charge in [-0.15, -0.1) is 0 Å². The second-order valence-corrected chi connectivity index (χ2v) is 12.3. The molecule has 0 saturated carbocycles. The first-order valence-corrected chi connectivity index (χ1v) is 16.0. The number of anilines is 1. The molecular weight excluding hydrogens is 581 g/mol. The van der Waals surface area contributed by atoms with Gasteiger partial charge in [0, 0.05) is 49.7 Å². The number of aliphatic carboxylic acids is 1. The molecule has 2 fully saturated rings. The van der Waals surface area contributed by atoms with Crippen molar-refractivity contribution in [1.29, 1.82) is 0 Å². The van der Waals surface area contributed by atoms with Crippen molar-refractivity contribution in [3.8, 4) is 17.2 Å². The lowest BCUT2D eigenvalue weighted by molar-refractivity contribution is -0.144. The third-order valence-electron chi connectivity index (χ3n) is 9.36. The number of aryl methyl sites for hydroxylation is 1. The quantitative estimate of drug-likeness (QED) is 0.333. The molecule has 1 N–H and O–H groups in total. The number of rotatable bonds is 13. The van der Waals surface area contributed by atoms with E-state index in [0.717, 1.165) is 32.1 Å². The Bertz CT molecular complexity index is 1410. The van der Waals surface area contributed by atoms with E-state index in [4.69, 9.17) is 14.2 Å². The van der Waals surface area contributed by atoms with Gasteiger partial charge in [0.2, 0.25) is 24.4 Å². The molecule has 45 heavy (non-hydrogen) atoms. The van der Waals surface area contributed by atoms with Crippen LogP contribution in [0.3, 0.4) is 0 Å². The highest BCUT2D eigenvalue weighted by Crippen LogP contribution is 2.47. The van der Waals surface area contributed by atoms with Gasteiger partial charge in [0.1, 0.15) is 5.82 Å². The molecule has 2 aromatic carbocycles. The summed E-state index contributed by atoms with van der Waals surface area (Å²) in [7, 11) is 1.52. The largest absolute Gasteiger partial charge is 0.493 e. The van der Waals surface area contributed by atoms with Crippen LogP contribution in [0.1, 0.15) is 69.4 Å². The van der Waals surface area contributed by atoms with E-state index in [2.05, 4.69) is 13.8 Å². The van der Waals surface area contributed by atoms with E-state index < -0.39 is 23.8 Å². The topological polar surface area (TPSA) is 109 Å². The van der Waals surface area contributed by atoms with Crippen molar-refractivity contribution in [2.75, 3.05) is 45.0 Å². The molecule has 0 radical (unpaired) electrons. The van der Waals surface area contributed by atoms with Crippen molar-refractivity contribution in [2.45, 2.75) is 77.3 Å². The lowest BCUT2D eigenvalue weighted by Crippen LogP contribution is -2.51. The van der Waals surface area contributed by atoms with Gasteiger partial charge < -0.3 is 29.1 Å². The van der Waals surface area contributed by atoms with Crippen LogP contribution < -0.4 is 19.1 Å². The fourth-order valence-electron chi connectivity index (χ4n) is 7.20. The molecule has 0 aliphatic carbocycles. The van der Waals surface area contributed by atoms with E-state index in [9.17, 15) is 23.9 Å². The third-order valence-corrected chi connectivity index (χ3v) is 9.36. The number of methoxy groups -OCH3 is 1. The number of benzene rings is 2. The molecule has 0 bridgehead atoms. The minimum atomic E-state index is -0.996. The van der Waals surface area contributed by atoms with Crippen LogP contribution >= 0.6 is 0 Å². The zero-order chi connectivity index (χ0) is 32.2. The van der Waals surface area contributed by atoms with E-state index in [1.165, 1.54) is 13.2 Å². The Kier molecular flexibility index (Phi) is 10.2. The van der Waals surface area contributed by atoms with Crippen LogP contribution in [0.25, 0.3) is 0 Å². The maximum absolute atomic E-state index is 14.4. The molecular formula is C34H44FN3O7. The Morgan fingerprint density at radius 3 is 2.53 bits per heavy atom. The summed E-state index contributed by atoms with van der Waals surface area (Å²) in [6, 6.07) is 7.61. The number of halogens is 1. The number of carboxylic acids is 1. The number of likely N-dealkylation sites (tertiary alicyclic amines) is 2. The molecule has 1 unspecified atom stereocenters. The summed E-state index contributed by atoms with van der Waals surface area (Å²) in [6.45, 7) is 6.88. The van der Waals surface area contributed by atoms with Gasteiger partial charge in [0.05, 0.1) is 19.6 Å². The van der Waals surface area contributed by atoms with Crippen molar-refractivity contribution in [3.63, 3.8) is 0 Å². The maximum Gasteiger partial charge on any atom is 0.308 e. The smallest absolute Gasteiger partial charge is 0.308 e. The van der Waals surface area contributed by atoms with Gasteiger partial charge in [-0.2, -0.15) is 0 Å². The number of fused-ring (bicyclic) bond motifs is 1. The first-order valence-electron chi connectivity index (χ1n) is 16.0. The lowest BCUT2D eigenvalue weighted by Gasteiger charge is -2.35.